The highest BCUT2D eigenvalue weighted by atomic mass is 16.6. The van der Waals surface area contributed by atoms with Crippen molar-refractivity contribution >= 4 is 6.09 Å². The second-order valence-electron chi connectivity index (χ2n) is 3.90. The summed E-state index contributed by atoms with van der Waals surface area (Å²) < 4.78 is 5.12. The molecule has 4 nitrogen and oxygen atoms in total. The highest BCUT2D eigenvalue weighted by Crippen LogP contribution is 2.20. The van der Waals surface area contributed by atoms with Gasteiger partial charge in [0.2, 0.25) is 0 Å². The highest BCUT2D eigenvalue weighted by Gasteiger charge is 2.25. The second-order valence-corrected chi connectivity index (χ2v) is 3.90. The summed E-state index contributed by atoms with van der Waals surface area (Å²) in [5.41, 5.74) is 2.08. The van der Waals surface area contributed by atoms with Gasteiger partial charge in [-0.1, -0.05) is 6.07 Å². The zero-order chi connectivity index (χ0) is 10.8. The molecule has 0 radical (unpaired) electrons. The lowest BCUT2D eigenvalue weighted by Crippen LogP contribution is -2.28. The number of ether oxygens (including phenoxy) is 1. The van der Waals surface area contributed by atoms with E-state index in [9.17, 15) is 4.79 Å². The number of fused-ring (bicyclic) bond motifs is 1. The topological polar surface area (TPSA) is 42.4 Å². The van der Waals surface area contributed by atoms with Crippen molar-refractivity contribution in [2.75, 3.05) is 0 Å². The zero-order valence-electron chi connectivity index (χ0n) is 8.93. The Balaban J connectivity index is 2.04. The lowest BCUT2D eigenvalue weighted by molar-refractivity contribution is 0.0758. The number of nitrogens with zero attached hydrogens (tertiary/aromatic N) is 2. The minimum atomic E-state index is -0.261. The van der Waals surface area contributed by atoms with E-state index in [2.05, 4.69) is 4.98 Å². The summed E-state index contributed by atoms with van der Waals surface area (Å²) in [5, 5.41) is 0. The van der Waals surface area contributed by atoms with Gasteiger partial charge in [-0.15, -0.1) is 0 Å². The molecule has 1 aliphatic rings. The number of hydrogen-bond donors (Lipinski definition) is 0. The van der Waals surface area contributed by atoms with Crippen LogP contribution in [0, 0.1) is 0 Å². The first-order valence-corrected chi connectivity index (χ1v) is 5.05. The van der Waals surface area contributed by atoms with Crippen LogP contribution in [0.3, 0.4) is 0 Å². The van der Waals surface area contributed by atoms with Gasteiger partial charge in [-0.05, 0) is 25.5 Å². The summed E-state index contributed by atoms with van der Waals surface area (Å²) in [4.78, 5) is 17.5. The Kier molecular flexibility index (Phi) is 2.58. The van der Waals surface area contributed by atoms with Crippen LogP contribution in [0.15, 0.2) is 18.3 Å². The quantitative estimate of drug-likeness (QED) is 0.705. The molecule has 0 atom stereocenters. The van der Waals surface area contributed by atoms with E-state index in [4.69, 9.17) is 4.74 Å². The van der Waals surface area contributed by atoms with Crippen LogP contribution in [0.1, 0.15) is 25.1 Å². The summed E-state index contributed by atoms with van der Waals surface area (Å²) >= 11 is 0. The van der Waals surface area contributed by atoms with Gasteiger partial charge < -0.3 is 4.74 Å². The molecule has 0 N–H and O–H groups in total. The summed E-state index contributed by atoms with van der Waals surface area (Å²) in [6.07, 6.45) is 1.41. The Hall–Kier alpha value is -1.58. The summed E-state index contributed by atoms with van der Waals surface area (Å²) in [6.45, 7) is 4.86. The van der Waals surface area contributed by atoms with Crippen LogP contribution >= 0.6 is 0 Å². The average Bonchev–Trinajstić information content (AvgIpc) is 2.59. The van der Waals surface area contributed by atoms with Gasteiger partial charge in [0.25, 0.3) is 0 Å². The molecule has 1 aliphatic heterocycles. The summed E-state index contributed by atoms with van der Waals surface area (Å²) in [6, 6.07) is 3.88. The van der Waals surface area contributed by atoms with Crippen molar-refractivity contribution in [1.29, 1.82) is 0 Å². The predicted octanol–water partition coefficient (Wildman–Crippen LogP) is 1.94. The van der Waals surface area contributed by atoms with Crippen LogP contribution in [0.5, 0.6) is 0 Å². The van der Waals surface area contributed by atoms with Gasteiger partial charge in [-0.25, -0.2) is 4.79 Å². The van der Waals surface area contributed by atoms with E-state index in [1.807, 2.05) is 26.0 Å². The molecule has 0 unspecified atom stereocenters. The van der Waals surface area contributed by atoms with E-state index in [1.54, 1.807) is 11.1 Å². The molecular weight excluding hydrogens is 192 g/mol. The number of rotatable bonds is 1. The first-order chi connectivity index (χ1) is 7.16. The van der Waals surface area contributed by atoms with E-state index in [0.717, 1.165) is 11.3 Å². The third-order valence-electron chi connectivity index (χ3n) is 2.28. The standard InChI is InChI=1S/C11H14N2O2/c1-8(2)15-11(14)13-6-9-4-3-5-12-10(9)7-13/h3-5,8H,6-7H2,1-2H3. The number of carbonyl (C=O) groups is 1. The van der Waals surface area contributed by atoms with E-state index in [1.165, 1.54) is 0 Å². The van der Waals surface area contributed by atoms with Crippen molar-refractivity contribution in [2.24, 2.45) is 0 Å². The van der Waals surface area contributed by atoms with Crippen LogP contribution < -0.4 is 0 Å². The van der Waals surface area contributed by atoms with Crippen molar-refractivity contribution in [3.8, 4) is 0 Å². The lowest BCUT2D eigenvalue weighted by Gasteiger charge is -2.16. The largest absolute Gasteiger partial charge is 0.447 e. The van der Waals surface area contributed by atoms with Gasteiger partial charge in [0.1, 0.15) is 0 Å². The minimum absolute atomic E-state index is 0.0748. The molecule has 80 valence electrons. The van der Waals surface area contributed by atoms with Gasteiger partial charge in [-0.3, -0.25) is 9.88 Å². The molecule has 2 heterocycles. The third-order valence-corrected chi connectivity index (χ3v) is 2.28. The molecule has 2 rings (SSSR count). The summed E-state index contributed by atoms with van der Waals surface area (Å²) in [7, 11) is 0. The molecule has 0 spiro atoms. The molecular formula is C11H14N2O2. The molecule has 4 heteroatoms. The Morgan fingerprint density at radius 1 is 1.53 bits per heavy atom. The van der Waals surface area contributed by atoms with E-state index in [0.29, 0.717) is 13.1 Å². The Morgan fingerprint density at radius 2 is 2.33 bits per heavy atom. The third kappa shape index (κ3) is 2.09. The predicted molar refractivity (Wildman–Crippen MR) is 55.1 cm³/mol. The average molecular weight is 206 g/mol. The number of pyridine rings is 1. The maximum absolute atomic E-state index is 11.6. The van der Waals surface area contributed by atoms with Gasteiger partial charge in [0.15, 0.2) is 0 Å². The van der Waals surface area contributed by atoms with Crippen LogP contribution in [-0.4, -0.2) is 22.1 Å². The SMILES string of the molecule is CC(C)OC(=O)N1Cc2cccnc2C1. The molecule has 0 fully saturated rings. The minimum Gasteiger partial charge on any atom is -0.447 e. The van der Waals surface area contributed by atoms with Crippen LogP contribution in [0.25, 0.3) is 0 Å². The number of carbonyl (C=O) groups excluding carboxylic acids is 1. The van der Waals surface area contributed by atoms with Crippen molar-refractivity contribution in [1.82, 2.24) is 9.88 Å². The van der Waals surface area contributed by atoms with Gasteiger partial charge in [0, 0.05) is 6.20 Å². The van der Waals surface area contributed by atoms with Crippen LogP contribution in [0.4, 0.5) is 4.79 Å². The zero-order valence-corrected chi connectivity index (χ0v) is 8.93. The number of hydrogen-bond acceptors (Lipinski definition) is 3. The van der Waals surface area contributed by atoms with Crippen molar-refractivity contribution in [3.05, 3.63) is 29.6 Å². The Morgan fingerprint density at radius 3 is 3.00 bits per heavy atom. The first-order valence-electron chi connectivity index (χ1n) is 5.05. The summed E-state index contributed by atoms with van der Waals surface area (Å²) in [5.74, 6) is 0. The molecule has 1 aromatic rings. The van der Waals surface area contributed by atoms with Crippen LogP contribution in [0.2, 0.25) is 0 Å². The normalized spacial score (nSPS) is 14.2. The molecule has 0 bridgehead atoms. The van der Waals surface area contributed by atoms with E-state index < -0.39 is 0 Å². The molecule has 0 aromatic carbocycles. The molecule has 0 saturated carbocycles. The maximum atomic E-state index is 11.6. The van der Waals surface area contributed by atoms with E-state index >= 15 is 0 Å². The fraction of sp³-hybridized carbons (Fsp3) is 0.455. The van der Waals surface area contributed by atoms with Crippen molar-refractivity contribution < 1.29 is 9.53 Å². The molecule has 1 amide bonds. The Bertz CT molecular complexity index is 352. The van der Waals surface area contributed by atoms with Crippen molar-refractivity contribution in [2.45, 2.75) is 33.0 Å². The van der Waals surface area contributed by atoms with E-state index in [-0.39, 0.29) is 12.2 Å². The molecule has 15 heavy (non-hydrogen) atoms. The fourth-order valence-corrected chi connectivity index (χ4v) is 1.61. The maximum Gasteiger partial charge on any atom is 0.410 e. The molecule has 0 aliphatic carbocycles. The lowest BCUT2D eigenvalue weighted by atomic mass is 10.2. The van der Waals surface area contributed by atoms with Crippen LogP contribution in [-0.2, 0) is 17.8 Å². The second kappa shape index (κ2) is 3.88. The Labute approximate surface area is 88.9 Å². The molecule has 0 saturated heterocycles. The van der Waals surface area contributed by atoms with Crippen molar-refractivity contribution in [3.63, 3.8) is 0 Å². The number of amides is 1. The van der Waals surface area contributed by atoms with Gasteiger partial charge in [-0.2, -0.15) is 0 Å². The smallest absolute Gasteiger partial charge is 0.410 e. The monoisotopic (exact) mass is 206 g/mol. The highest BCUT2D eigenvalue weighted by molar-refractivity contribution is 5.68. The first kappa shape index (κ1) is 9.96. The van der Waals surface area contributed by atoms with Gasteiger partial charge in [0.05, 0.1) is 24.9 Å². The number of aromatic nitrogens is 1. The molecule has 1 aromatic heterocycles. The fourth-order valence-electron chi connectivity index (χ4n) is 1.61. The van der Waals surface area contributed by atoms with Gasteiger partial charge >= 0.3 is 6.09 Å².